The van der Waals surface area contributed by atoms with Gasteiger partial charge in [0.15, 0.2) is 5.58 Å². The molecule has 4 rings (SSSR count). The highest BCUT2D eigenvalue weighted by molar-refractivity contribution is 5.81. The van der Waals surface area contributed by atoms with Crippen LogP contribution in [-0.2, 0) is 0 Å². The van der Waals surface area contributed by atoms with Gasteiger partial charge < -0.3 is 4.42 Å². The molecule has 3 aromatic carbocycles. The van der Waals surface area contributed by atoms with E-state index in [0.717, 1.165) is 22.2 Å². The van der Waals surface area contributed by atoms with Gasteiger partial charge >= 0.3 is 0 Å². The largest absolute Gasteiger partial charge is 0.437 e. The highest BCUT2D eigenvalue weighted by atomic mass is 16.3. The summed E-state index contributed by atoms with van der Waals surface area (Å²) in [5, 5.41) is 0. The highest BCUT2D eigenvalue weighted by Gasteiger charge is 2.05. The topological polar surface area (TPSA) is 26.0 Å². The summed E-state index contributed by atoms with van der Waals surface area (Å²) in [4.78, 5) is 4.51. The molecule has 110 valence electrons. The molecule has 0 saturated carbocycles. The van der Waals surface area contributed by atoms with Crippen molar-refractivity contribution in [2.45, 2.75) is 0 Å². The number of benzene rings is 3. The molecule has 0 unspecified atom stereocenters. The first-order valence-corrected chi connectivity index (χ1v) is 7.58. The predicted molar refractivity (Wildman–Crippen MR) is 94.8 cm³/mol. The van der Waals surface area contributed by atoms with E-state index in [4.69, 9.17) is 4.42 Å². The number of hydrogen-bond acceptors (Lipinski definition) is 2. The van der Waals surface area contributed by atoms with Gasteiger partial charge in [-0.2, -0.15) is 0 Å². The van der Waals surface area contributed by atoms with Crippen LogP contribution in [0.3, 0.4) is 0 Å². The minimum Gasteiger partial charge on any atom is -0.437 e. The van der Waals surface area contributed by atoms with Gasteiger partial charge in [-0.05, 0) is 34.9 Å². The summed E-state index contributed by atoms with van der Waals surface area (Å²) in [7, 11) is 0. The molecule has 0 aliphatic rings. The van der Waals surface area contributed by atoms with Crippen LogP contribution in [0.25, 0.3) is 34.4 Å². The van der Waals surface area contributed by atoms with Crippen LogP contribution in [0, 0.1) is 0 Å². The van der Waals surface area contributed by atoms with Crippen molar-refractivity contribution in [2.75, 3.05) is 0 Å². The summed E-state index contributed by atoms with van der Waals surface area (Å²) in [5.41, 5.74) is 5.11. The maximum atomic E-state index is 5.85. The summed E-state index contributed by atoms with van der Waals surface area (Å²) in [6.07, 6.45) is 3.90. The molecule has 0 atom stereocenters. The Bertz CT molecular complexity index is 953. The van der Waals surface area contributed by atoms with Gasteiger partial charge in [0, 0.05) is 6.08 Å². The second-order valence-electron chi connectivity index (χ2n) is 5.34. The maximum absolute atomic E-state index is 5.85. The first kappa shape index (κ1) is 13.5. The number of aromatic nitrogens is 1. The lowest BCUT2D eigenvalue weighted by Crippen LogP contribution is -1.76. The minimum absolute atomic E-state index is 0.620. The fourth-order valence-corrected chi connectivity index (χ4v) is 2.56. The standard InChI is InChI=1S/C21H15NO/c1-3-7-16(8-4-1)11-14-21-22-19-13-12-18(15-20(19)23-21)17-9-5-2-6-10-17/h1-15H/b14-11+. The molecule has 1 heterocycles. The van der Waals surface area contributed by atoms with Crippen molar-refractivity contribution in [1.82, 2.24) is 4.98 Å². The Labute approximate surface area is 134 Å². The molecule has 0 spiro atoms. The summed E-state index contributed by atoms with van der Waals surface area (Å²) in [6, 6.07) is 26.5. The van der Waals surface area contributed by atoms with Gasteiger partial charge in [0.25, 0.3) is 0 Å². The second kappa shape index (κ2) is 5.93. The highest BCUT2D eigenvalue weighted by Crippen LogP contribution is 2.25. The van der Waals surface area contributed by atoms with Crippen molar-refractivity contribution in [3.63, 3.8) is 0 Å². The van der Waals surface area contributed by atoms with Crippen LogP contribution in [0.5, 0.6) is 0 Å². The van der Waals surface area contributed by atoms with Gasteiger partial charge in [-0.3, -0.25) is 0 Å². The molecule has 2 heteroatoms. The Morgan fingerprint density at radius 3 is 2.22 bits per heavy atom. The van der Waals surface area contributed by atoms with E-state index >= 15 is 0 Å². The summed E-state index contributed by atoms with van der Waals surface area (Å²) in [5.74, 6) is 0.620. The van der Waals surface area contributed by atoms with E-state index in [2.05, 4.69) is 23.2 Å². The van der Waals surface area contributed by atoms with Crippen molar-refractivity contribution in [3.8, 4) is 11.1 Å². The Hall–Kier alpha value is -3.13. The SMILES string of the molecule is C(=C\c1nc2ccc(-c3ccccc3)cc2o1)/c1ccccc1. The lowest BCUT2D eigenvalue weighted by Gasteiger charge is -1.99. The van der Waals surface area contributed by atoms with Crippen LogP contribution in [0.1, 0.15) is 11.5 Å². The zero-order valence-electron chi connectivity index (χ0n) is 12.5. The average Bonchev–Trinajstić information content (AvgIpc) is 3.04. The molecule has 0 N–H and O–H groups in total. The van der Waals surface area contributed by atoms with Gasteiger partial charge in [-0.25, -0.2) is 4.98 Å². The molecule has 0 saturated heterocycles. The third-order valence-corrected chi connectivity index (χ3v) is 3.73. The fraction of sp³-hybridized carbons (Fsp3) is 0. The van der Waals surface area contributed by atoms with Crippen LogP contribution in [0.2, 0.25) is 0 Å². The van der Waals surface area contributed by atoms with E-state index in [1.165, 1.54) is 5.56 Å². The molecule has 2 nitrogen and oxygen atoms in total. The predicted octanol–water partition coefficient (Wildman–Crippen LogP) is 5.67. The van der Waals surface area contributed by atoms with Gasteiger partial charge in [-0.15, -0.1) is 0 Å². The third-order valence-electron chi connectivity index (χ3n) is 3.73. The number of hydrogen-bond donors (Lipinski definition) is 0. The molecule has 23 heavy (non-hydrogen) atoms. The summed E-state index contributed by atoms with van der Waals surface area (Å²) in [6.45, 7) is 0. The Morgan fingerprint density at radius 1 is 0.696 bits per heavy atom. The van der Waals surface area contributed by atoms with Crippen LogP contribution in [0.4, 0.5) is 0 Å². The van der Waals surface area contributed by atoms with E-state index in [-0.39, 0.29) is 0 Å². The fourth-order valence-electron chi connectivity index (χ4n) is 2.56. The Kier molecular flexibility index (Phi) is 3.49. The molecule has 1 aromatic heterocycles. The summed E-state index contributed by atoms with van der Waals surface area (Å²) < 4.78 is 5.85. The molecule has 0 radical (unpaired) electrons. The monoisotopic (exact) mass is 297 g/mol. The van der Waals surface area contributed by atoms with Gasteiger partial charge in [0.1, 0.15) is 5.52 Å². The normalized spacial score (nSPS) is 11.3. The lowest BCUT2D eigenvalue weighted by molar-refractivity contribution is 0.590. The lowest BCUT2D eigenvalue weighted by atomic mass is 10.1. The van der Waals surface area contributed by atoms with Crippen LogP contribution in [-0.4, -0.2) is 4.98 Å². The average molecular weight is 297 g/mol. The number of oxazole rings is 1. The summed E-state index contributed by atoms with van der Waals surface area (Å²) >= 11 is 0. The Morgan fingerprint density at radius 2 is 1.43 bits per heavy atom. The minimum atomic E-state index is 0.620. The van der Waals surface area contributed by atoms with E-state index < -0.39 is 0 Å². The van der Waals surface area contributed by atoms with Crippen molar-refractivity contribution in [3.05, 3.63) is 90.3 Å². The van der Waals surface area contributed by atoms with Crippen LogP contribution in [0.15, 0.2) is 83.3 Å². The molecule has 0 aliphatic heterocycles. The zero-order valence-corrected chi connectivity index (χ0v) is 12.5. The molecule has 4 aromatic rings. The first-order valence-electron chi connectivity index (χ1n) is 7.58. The van der Waals surface area contributed by atoms with Gasteiger partial charge in [0.2, 0.25) is 5.89 Å². The smallest absolute Gasteiger partial charge is 0.220 e. The molecule has 0 aliphatic carbocycles. The van der Waals surface area contributed by atoms with Crippen molar-refractivity contribution in [2.24, 2.45) is 0 Å². The first-order chi connectivity index (χ1) is 11.4. The third kappa shape index (κ3) is 2.92. The number of fused-ring (bicyclic) bond motifs is 1. The van der Waals surface area contributed by atoms with Gasteiger partial charge in [-0.1, -0.05) is 66.7 Å². The molecular formula is C21H15NO. The van der Waals surface area contributed by atoms with Gasteiger partial charge in [0.05, 0.1) is 0 Å². The number of rotatable bonds is 3. The van der Waals surface area contributed by atoms with Crippen molar-refractivity contribution in [1.29, 1.82) is 0 Å². The second-order valence-corrected chi connectivity index (χ2v) is 5.34. The zero-order chi connectivity index (χ0) is 15.5. The molecular weight excluding hydrogens is 282 g/mol. The molecule has 0 amide bonds. The van der Waals surface area contributed by atoms with Crippen LogP contribution < -0.4 is 0 Å². The van der Waals surface area contributed by atoms with E-state index in [1.54, 1.807) is 0 Å². The Balaban J connectivity index is 1.67. The molecule has 0 bridgehead atoms. The van der Waals surface area contributed by atoms with E-state index in [0.29, 0.717) is 5.89 Å². The number of nitrogens with zero attached hydrogens (tertiary/aromatic N) is 1. The van der Waals surface area contributed by atoms with Crippen molar-refractivity contribution < 1.29 is 4.42 Å². The quantitative estimate of drug-likeness (QED) is 0.487. The molecule has 0 fully saturated rings. The van der Waals surface area contributed by atoms with Crippen LogP contribution >= 0.6 is 0 Å². The van der Waals surface area contributed by atoms with Crippen molar-refractivity contribution >= 4 is 23.3 Å². The van der Waals surface area contributed by atoms with E-state index in [9.17, 15) is 0 Å². The van der Waals surface area contributed by atoms with E-state index in [1.807, 2.05) is 72.8 Å². The maximum Gasteiger partial charge on any atom is 0.220 e.